The Morgan fingerprint density at radius 1 is 1.16 bits per heavy atom. The van der Waals surface area contributed by atoms with Crippen molar-refractivity contribution in [2.24, 2.45) is 7.05 Å². The van der Waals surface area contributed by atoms with E-state index in [1.54, 1.807) is 41.3 Å². The lowest BCUT2D eigenvalue weighted by molar-refractivity contribution is 0.0950. The van der Waals surface area contributed by atoms with Gasteiger partial charge in [-0.1, -0.05) is 0 Å². The van der Waals surface area contributed by atoms with Crippen LogP contribution in [0.25, 0.3) is 11.3 Å². The first kappa shape index (κ1) is 16.7. The summed E-state index contributed by atoms with van der Waals surface area (Å²) in [5.74, 6) is 0.616. The molecule has 0 saturated carbocycles. The molecule has 0 bridgehead atoms. The van der Waals surface area contributed by atoms with Crippen molar-refractivity contribution < 1.29 is 9.53 Å². The quantitative estimate of drug-likeness (QED) is 0.751. The maximum Gasteiger partial charge on any atom is 0.251 e. The van der Waals surface area contributed by atoms with Gasteiger partial charge in [-0.2, -0.15) is 5.10 Å². The highest BCUT2D eigenvalue weighted by Crippen LogP contribution is 2.18. The Hall–Kier alpha value is -3.15. The van der Waals surface area contributed by atoms with Gasteiger partial charge >= 0.3 is 0 Å². The molecule has 0 fully saturated rings. The van der Waals surface area contributed by atoms with E-state index in [9.17, 15) is 4.79 Å². The van der Waals surface area contributed by atoms with Gasteiger partial charge in [-0.05, 0) is 49.4 Å². The molecule has 0 unspecified atom stereocenters. The van der Waals surface area contributed by atoms with Gasteiger partial charge in [-0.25, -0.2) is 0 Å². The zero-order valence-electron chi connectivity index (χ0n) is 14.3. The first-order chi connectivity index (χ1) is 12.2. The molecular formula is C19H20N4O2. The van der Waals surface area contributed by atoms with Crippen molar-refractivity contribution in [2.75, 3.05) is 6.61 Å². The van der Waals surface area contributed by atoms with Crippen molar-refractivity contribution in [1.82, 2.24) is 20.1 Å². The number of nitrogens with one attached hydrogen (secondary N) is 1. The molecular weight excluding hydrogens is 316 g/mol. The molecule has 1 aromatic carbocycles. The molecule has 2 heterocycles. The molecule has 0 radical (unpaired) electrons. The molecule has 1 amide bonds. The van der Waals surface area contributed by atoms with Crippen molar-refractivity contribution in [3.05, 3.63) is 66.1 Å². The van der Waals surface area contributed by atoms with Gasteiger partial charge in [0.15, 0.2) is 0 Å². The lowest BCUT2D eigenvalue weighted by Crippen LogP contribution is -2.23. The first-order valence-electron chi connectivity index (χ1n) is 8.11. The minimum absolute atomic E-state index is 0.140. The fourth-order valence-electron chi connectivity index (χ4n) is 2.55. The third kappa shape index (κ3) is 4.03. The fraction of sp³-hybridized carbons (Fsp3) is 0.211. The second kappa shape index (κ2) is 7.61. The third-order valence-electron chi connectivity index (χ3n) is 3.76. The van der Waals surface area contributed by atoms with Gasteiger partial charge in [0.25, 0.3) is 5.91 Å². The number of aryl methyl sites for hydroxylation is 1. The number of carbonyl (C=O) groups excluding carboxylic acids is 1. The van der Waals surface area contributed by atoms with Crippen molar-refractivity contribution in [1.29, 1.82) is 0 Å². The normalized spacial score (nSPS) is 10.5. The van der Waals surface area contributed by atoms with Crippen LogP contribution in [-0.4, -0.2) is 27.3 Å². The number of nitrogens with zero attached hydrogens (tertiary/aromatic N) is 3. The highest BCUT2D eigenvalue weighted by Gasteiger charge is 2.10. The van der Waals surface area contributed by atoms with Crippen LogP contribution in [0.15, 0.2) is 54.9 Å². The summed E-state index contributed by atoms with van der Waals surface area (Å²) in [6.45, 7) is 2.89. The highest BCUT2D eigenvalue weighted by molar-refractivity contribution is 5.94. The zero-order chi connectivity index (χ0) is 17.6. The van der Waals surface area contributed by atoms with Crippen molar-refractivity contribution in [2.45, 2.75) is 13.5 Å². The maximum absolute atomic E-state index is 12.3. The number of hydrogen-bond donors (Lipinski definition) is 1. The number of benzene rings is 1. The summed E-state index contributed by atoms with van der Waals surface area (Å²) in [5, 5.41) is 7.34. The minimum atomic E-state index is -0.140. The molecule has 6 heteroatoms. The average molecular weight is 336 g/mol. The number of aromatic nitrogens is 3. The SMILES string of the molecule is CCOc1ccc(C(=O)NCc2cc(-c3ccncc3)n(C)n2)cc1. The lowest BCUT2D eigenvalue weighted by Gasteiger charge is -2.05. The number of ether oxygens (including phenoxy) is 1. The Morgan fingerprint density at radius 3 is 2.56 bits per heavy atom. The smallest absolute Gasteiger partial charge is 0.251 e. The van der Waals surface area contributed by atoms with E-state index in [2.05, 4.69) is 15.4 Å². The van der Waals surface area contributed by atoms with Crippen LogP contribution in [0.4, 0.5) is 0 Å². The summed E-state index contributed by atoms with van der Waals surface area (Å²) in [4.78, 5) is 16.3. The monoisotopic (exact) mass is 336 g/mol. The van der Waals surface area contributed by atoms with Crippen LogP contribution in [0.3, 0.4) is 0 Å². The molecule has 0 spiro atoms. The van der Waals surface area contributed by atoms with Gasteiger partial charge in [0, 0.05) is 30.6 Å². The van der Waals surface area contributed by atoms with Crippen molar-refractivity contribution in [3.63, 3.8) is 0 Å². The van der Waals surface area contributed by atoms with E-state index < -0.39 is 0 Å². The fourth-order valence-corrected chi connectivity index (χ4v) is 2.55. The first-order valence-corrected chi connectivity index (χ1v) is 8.11. The number of rotatable bonds is 6. The lowest BCUT2D eigenvalue weighted by atomic mass is 10.2. The van der Waals surface area contributed by atoms with E-state index in [0.717, 1.165) is 22.7 Å². The average Bonchev–Trinajstić information content (AvgIpc) is 3.02. The van der Waals surface area contributed by atoms with Gasteiger partial charge in [-0.3, -0.25) is 14.5 Å². The van der Waals surface area contributed by atoms with Crippen LogP contribution in [0.1, 0.15) is 23.0 Å². The van der Waals surface area contributed by atoms with Gasteiger partial charge in [0.2, 0.25) is 0 Å². The molecule has 3 aromatic rings. The number of hydrogen-bond acceptors (Lipinski definition) is 4. The molecule has 0 atom stereocenters. The van der Waals surface area contributed by atoms with Crippen LogP contribution in [0, 0.1) is 0 Å². The summed E-state index contributed by atoms with van der Waals surface area (Å²) >= 11 is 0. The van der Waals surface area contributed by atoms with Gasteiger partial charge < -0.3 is 10.1 Å². The van der Waals surface area contributed by atoms with Crippen molar-refractivity contribution in [3.8, 4) is 17.0 Å². The predicted molar refractivity (Wildman–Crippen MR) is 95.2 cm³/mol. The van der Waals surface area contributed by atoms with Crippen LogP contribution in [-0.2, 0) is 13.6 Å². The molecule has 3 rings (SSSR count). The van der Waals surface area contributed by atoms with Crippen LogP contribution >= 0.6 is 0 Å². The Kier molecular flexibility index (Phi) is 5.09. The molecule has 128 valence electrons. The van der Waals surface area contributed by atoms with E-state index in [1.165, 1.54) is 0 Å². The predicted octanol–water partition coefficient (Wildman–Crippen LogP) is 2.81. The zero-order valence-corrected chi connectivity index (χ0v) is 14.3. The third-order valence-corrected chi connectivity index (χ3v) is 3.76. The molecule has 0 saturated heterocycles. The summed E-state index contributed by atoms with van der Waals surface area (Å²) < 4.78 is 7.18. The van der Waals surface area contributed by atoms with Gasteiger partial charge in [-0.15, -0.1) is 0 Å². The number of amides is 1. The summed E-state index contributed by atoms with van der Waals surface area (Å²) in [6, 6.07) is 12.9. The van der Waals surface area contributed by atoms with E-state index >= 15 is 0 Å². The van der Waals surface area contributed by atoms with Crippen molar-refractivity contribution >= 4 is 5.91 Å². The second-order valence-corrected chi connectivity index (χ2v) is 5.52. The molecule has 6 nitrogen and oxygen atoms in total. The minimum Gasteiger partial charge on any atom is -0.494 e. The highest BCUT2D eigenvalue weighted by atomic mass is 16.5. The van der Waals surface area contributed by atoms with Crippen LogP contribution < -0.4 is 10.1 Å². The summed E-state index contributed by atoms with van der Waals surface area (Å²) in [5.41, 5.74) is 3.41. The van der Waals surface area contributed by atoms with E-state index in [4.69, 9.17) is 4.74 Å². The Labute approximate surface area is 146 Å². The molecule has 2 aromatic heterocycles. The van der Waals surface area contributed by atoms with E-state index in [0.29, 0.717) is 18.7 Å². The number of carbonyl (C=O) groups is 1. The summed E-state index contributed by atoms with van der Waals surface area (Å²) in [7, 11) is 1.88. The van der Waals surface area contributed by atoms with Gasteiger partial charge in [0.1, 0.15) is 5.75 Å². The Balaban J connectivity index is 1.64. The van der Waals surface area contributed by atoms with E-state index in [1.807, 2.05) is 32.2 Å². The largest absolute Gasteiger partial charge is 0.494 e. The van der Waals surface area contributed by atoms with Gasteiger partial charge in [0.05, 0.1) is 24.5 Å². The molecule has 0 aliphatic rings. The van der Waals surface area contributed by atoms with Crippen LogP contribution in [0.5, 0.6) is 5.75 Å². The molecule has 0 aliphatic heterocycles. The Morgan fingerprint density at radius 2 is 1.88 bits per heavy atom. The maximum atomic E-state index is 12.3. The van der Waals surface area contributed by atoms with Crippen LogP contribution in [0.2, 0.25) is 0 Å². The standard InChI is InChI=1S/C19H20N4O2/c1-3-25-17-6-4-15(5-7-17)19(24)21-13-16-12-18(23(2)22-16)14-8-10-20-11-9-14/h4-12H,3,13H2,1-2H3,(H,21,24). The number of pyridine rings is 1. The second-order valence-electron chi connectivity index (χ2n) is 5.52. The topological polar surface area (TPSA) is 69.0 Å². The molecule has 1 N–H and O–H groups in total. The summed E-state index contributed by atoms with van der Waals surface area (Å²) in [6.07, 6.45) is 3.49. The Bertz CT molecular complexity index is 842. The molecule has 0 aliphatic carbocycles. The molecule has 25 heavy (non-hydrogen) atoms. The van der Waals surface area contributed by atoms with E-state index in [-0.39, 0.29) is 5.91 Å².